The average molecular weight is 395 g/mol. The molecule has 0 saturated carbocycles. The number of esters is 1. The molecule has 0 aliphatic carbocycles. The summed E-state index contributed by atoms with van der Waals surface area (Å²) in [5.74, 6) is -1.55. The summed E-state index contributed by atoms with van der Waals surface area (Å²) < 4.78 is 5.70. The number of ether oxygens (including phenoxy) is 1. The molecule has 1 aromatic heterocycles. The lowest BCUT2D eigenvalue weighted by molar-refractivity contribution is -0.148. The summed E-state index contributed by atoms with van der Waals surface area (Å²) in [6.45, 7) is 0.320. The van der Waals surface area contributed by atoms with Gasteiger partial charge in [0, 0.05) is 11.3 Å². The molecule has 0 saturated heterocycles. The first-order valence-corrected chi connectivity index (χ1v) is 8.63. The summed E-state index contributed by atoms with van der Waals surface area (Å²) in [5.41, 5.74) is -0.123. The molecule has 3 rings (SSSR count). The number of nitrogens with zero attached hydrogens (tertiary/aromatic N) is 1. The second kappa shape index (κ2) is 8.34. The van der Waals surface area contributed by atoms with Gasteiger partial charge < -0.3 is 10.1 Å². The zero-order valence-electron chi connectivity index (χ0n) is 15.4. The number of rotatable bonds is 6. The van der Waals surface area contributed by atoms with Gasteiger partial charge in [-0.3, -0.25) is 29.1 Å². The van der Waals surface area contributed by atoms with E-state index in [4.69, 9.17) is 4.74 Å². The van der Waals surface area contributed by atoms with Crippen LogP contribution < -0.4 is 16.4 Å². The largest absolute Gasteiger partial charge is 0.454 e. The van der Waals surface area contributed by atoms with Crippen LogP contribution in [-0.4, -0.2) is 34.0 Å². The smallest absolute Gasteiger partial charge is 0.328 e. The highest BCUT2D eigenvalue weighted by molar-refractivity contribution is 5.96. The highest BCUT2D eigenvalue weighted by Gasteiger charge is 2.13. The van der Waals surface area contributed by atoms with Gasteiger partial charge in [-0.25, -0.2) is 4.68 Å². The number of hydrogen-bond donors (Lipinski definition) is 2. The van der Waals surface area contributed by atoms with E-state index >= 15 is 0 Å². The van der Waals surface area contributed by atoms with Crippen molar-refractivity contribution in [2.24, 2.45) is 0 Å². The van der Waals surface area contributed by atoms with Crippen molar-refractivity contribution in [3.63, 3.8) is 0 Å². The molecule has 2 aromatic carbocycles. The van der Waals surface area contributed by atoms with Gasteiger partial charge in [-0.15, -0.1) is 0 Å². The number of carbonyl (C=O) groups is 3. The van der Waals surface area contributed by atoms with Crippen molar-refractivity contribution in [2.45, 2.75) is 13.5 Å². The van der Waals surface area contributed by atoms with Crippen molar-refractivity contribution in [2.75, 3.05) is 11.9 Å². The van der Waals surface area contributed by atoms with E-state index in [9.17, 15) is 24.0 Å². The number of H-pyrrole nitrogens is 1. The molecular weight excluding hydrogens is 378 g/mol. The normalized spacial score (nSPS) is 10.5. The molecule has 0 aliphatic rings. The first kappa shape index (κ1) is 19.7. The number of Topliss-reactive ketones (excluding diaryl/α,β-unsaturated/α-hetero) is 1. The topological polar surface area (TPSA) is 127 Å². The number of benzene rings is 2. The lowest BCUT2D eigenvalue weighted by Crippen LogP contribution is -2.33. The summed E-state index contributed by atoms with van der Waals surface area (Å²) in [5, 5.41) is 5.23. The van der Waals surface area contributed by atoms with Crippen LogP contribution in [0.15, 0.2) is 58.1 Å². The van der Waals surface area contributed by atoms with Crippen molar-refractivity contribution < 1.29 is 19.1 Å². The Morgan fingerprint density at radius 1 is 1.00 bits per heavy atom. The number of nitrogens with one attached hydrogen (secondary N) is 2. The van der Waals surface area contributed by atoms with Gasteiger partial charge in [0.15, 0.2) is 12.4 Å². The Morgan fingerprint density at radius 2 is 1.66 bits per heavy atom. The third-order valence-electron chi connectivity index (χ3n) is 4.11. The first-order chi connectivity index (χ1) is 13.8. The summed E-state index contributed by atoms with van der Waals surface area (Å²) in [6, 6.07) is 12.5. The highest BCUT2D eigenvalue weighted by Crippen LogP contribution is 2.10. The summed E-state index contributed by atoms with van der Waals surface area (Å²) >= 11 is 0. The van der Waals surface area contributed by atoms with E-state index in [1.54, 1.807) is 36.4 Å². The van der Waals surface area contributed by atoms with E-state index in [0.717, 1.165) is 4.68 Å². The minimum Gasteiger partial charge on any atom is -0.454 e. The maximum absolute atomic E-state index is 12.4. The van der Waals surface area contributed by atoms with Gasteiger partial charge in [0.05, 0.1) is 10.8 Å². The van der Waals surface area contributed by atoms with Gasteiger partial charge in [-0.05, 0) is 43.3 Å². The quantitative estimate of drug-likeness (QED) is 0.475. The van der Waals surface area contributed by atoms with Crippen LogP contribution in [0.2, 0.25) is 0 Å². The monoisotopic (exact) mass is 395 g/mol. The molecule has 0 fully saturated rings. The number of ketones is 1. The molecule has 0 atom stereocenters. The Hall–Kier alpha value is -4.01. The van der Waals surface area contributed by atoms with Crippen LogP contribution >= 0.6 is 0 Å². The van der Waals surface area contributed by atoms with E-state index in [1.807, 2.05) is 0 Å². The van der Waals surface area contributed by atoms with E-state index < -0.39 is 36.1 Å². The Balaban J connectivity index is 1.60. The first-order valence-electron chi connectivity index (χ1n) is 8.63. The van der Waals surface area contributed by atoms with E-state index in [2.05, 4.69) is 10.4 Å². The summed E-state index contributed by atoms with van der Waals surface area (Å²) in [4.78, 5) is 59.5. The maximum Gasteiger partial charge on any atom is 0.328 e. The maximum atomic E-state index is 12.4. The van der Waals surface area contributed by atoms with E-state index in [1.165, 1.54) is 19.1 Å². The number of carbonyl (C=O) groups excluding carboxylic acids is 3. The molecule has 9 heteroatoms. The van der Waals surface area contributed by atoms with Crippen molar-refractivity contribution >= 4 is 34.1 Å². The number of aromatic amines is 1. The fourth-order valence-corrected chi connectivity index (χ4v) is 2.66. The predicted molar refractivity (Wildman–Crippen MR) is 105 cm³/mol. The van der Waals surface area contributed by atoms with E-state index in [-0.39, 0.29) is 16.6 Å². The number of hydrogen-bond acceptors (Lipinski definition) is 6. The lowest BCUT2D eigenvalue weighted by atomic mass is 10.1. The zero-order chi connectivity index (χ0) is 21.0. The van der Waals surface area contributed by atoms with E-state index in [0.29, 0.717) is 11.3 Å². The SMILES string of the molecule is CC(=O)c1ccc(NC(=O)COC(=O)Cn2[nH]c(=O)c3ccccc3c2=O)cc1. The Morgan fingerprint density at radius 3 is 2.31 bits per heavy atom. The minimum atomic E-state index is -0.861. The standard InChI is InChI=1S/C20H17N3O6/c1-12(24)13-6-8-14(9-7-13)21-17(25)11-29-18(26)10-23-20(28)16-5-3-2-4-15(16)19(27)22-23/h2-9H,10-11H2,1H3,(H,21,25)(H,22,27). The van der Waals surface area contributed by atoms with Gasteiger partial charge in [0.25, 0.3) is 17.0 Å². The van der Waals surface area contributed by atoms with Crippen LogP contribution in [0.5, 0.6) is 0 Å². The number of amides is 1. The predicted octanol–water partition coefficient (Wildman–Crippen LogP) is 1.07. The molecule has 1 heterocycles. The van der Waals surface area contributed by atoms with Crippen LogP contribution in [0.3, 0.4) is 0 Å². The number of fused-ring (bicyclic) bond motifs is 1. The van der Waals surface area contributed by atoms with Crippen molar-refractivity contribution in [3.8, 4) is 0 Å². The van der Waals surface area contributed by atoms with Gasteiger partial charge in [0.2, 0.25) is 0 Å². The van der Waals surface area contributed by atoms with Crippen molar-refractivity contribution in [1.82, 2.24) is 9.78 Å². The van der Waals surface area contributed by atoms with Crippen LogP contribution in [0.25, 0.3) is 10.8 Å². The molecule has 3 aromatic rings. The minimum absolute atomic E-state index is 0.0984. The Bertz CT molecular complexity index is 1210. The number of aromatic nitrogens is 2. The molecule has 2 N–H and O–H groups in total. The molecule has 0 unspecified atom stereocenters. The third kappa shape index (κ3) is 4.64. The molecule has 0 radical (unpaired) electrons. The number of anilines is 1. The second-order valence-electron chi connectivity index (χ2n) is 6.22. The fourth-order valence-electron chi connectivity index (χ4n) is 2.66. The molecule has 0 spiro atoms. The van der Waals surface area contributed by atoms with Gasteiger partial charge in [0.1, 0.15) is 6.54 Å². The molecule has 0 bridgehead atoms. The molecule has 0 aliphatic heterocycles. The lowest BCUT2D eigenvalue weighted by Gasteiger charge is -2.09. The average Bonchev–Trinajstić information content (AvgIpc) is 2.71. The van der Waals surface area contributed by atoms with Crippen LogP contribution in [0.4, 0.5) is 5.69 Å². The Kier molecular flexibility index (Phi) is 5.68. The summed E-state index contributed by atoms with van der Waals surface area (Å²) in [6.07, 6.45) is 0. The Labute approximate surface area is 163 Å². The van der Waals surface area contributed by atoms with Crippen LogP contribution in [-0.2, 0) is 20.9 Å². The highest BCUT2D eigenvalue weighted by atomic mass is 16.5. The van der Waals surface area contributed by atoms with Gasteiger partial charge in [-0.1, -0.05) is 12.1 Å². The van der Waals surface area contributed by atoms with Gasteiger partial charge >= 0.3 is 5.97 Å². The summed E-state index contributed by atoms with van der Waals surface area (Å²) in [7, 11) is 0. The van der Waals surface area contributed by atoms with Crippen molar-refractivity contribution in [1.29, 1.82) is 0 Å². The molecule has 29 heavy (non-hydrogen) atoms. The molecule has 9 nitrogen and oxygen atoms in total. The van der Waals surface area contributed by atoms with Gasteiger partial charge in [-0.2, -0.15) is 0 Å². The van der Waals surface area contributed by atoms with Crippen molar-refractivity contribution in [3.05, 3.63) is 74.8 Å². The second-order valence-corrected chi connectivity index (χ2v) is 6.22. The van der Waals surface area contributed by atoms with Crippen LogP contribution in [0.1, 0.15) is 17.3 Å². The third-order valence-corrected chi connectivity index (χ3v) is 4.11. The molecule has 148 valence electrons. The molecular formula is C20H17N3O6. The fraction of sp³-hybridized carbons (Fsp3) is 0.150. The molecule has 1 amide bonds. The zero-order valence-corrected chi connectivity index (χ0v) is 15.4. The van der Waals surface area contributed by atoms with Crippen LogP contribution in [0, 0.1) is 0 Å².